The van der Waals surface area contributed by atoms with E-state index >= 15 is 0 Å². The Morgan fingerprint density at radius 1 is 1.47 bits per heavy atom. The van der Waals surface area contributed by atoms with Gasteiger partial charge in [-0.25, -0.2) is 0 Å². The van der Waals surface area contributed by atoms with E-state index in [1.165, 1.54) is 6.42 Å². The minimum atomic E-state index is 0.105. The third kappa shape index (κ3) is 4.20. The highest BCUT2D eigenvalue weighted by molar-refractivity contribution is 5.76. The lowest BCUT2D eigenvalue weighted by Crippen LogP contribution is -2.50. The van der Waals surface area contributed by atoms with Crippen molar-refractivity contribution in [3.8, 4) is 0 Å². The Labute approximate surface area is 92.8 Å². The Hall–Kier alpha value is -0.570. The van der Waals surface area contributed by atoms with E-state index in [1.807, 2.05) is 0 Å². The van der Waals surface area contributed by atoms with Gasteiger partial charge in [-0.15, -0.1) is 0 Å². The highest BCUT2D eigenvalue weighted by atomic mass is 16.1. The average molecular weight is 212 g/mol. The van der Waals surface area contributed by atoms with Crippen LogP contribution in [0, 0.1) is 5.92 Å². The summed E-state index contributed by atoms with van der Waals surface area (Å²) < 4.78 is 0. The van der Waals surface area contributed by atoms with E-state index in [2.05, 4.69) is 19.2 Å². The summed E-state index contributed by atoms with van der Waals surface area (Å²) in [5.41, 5.74) is 5.57. The van der Waals surface area contributed by atoms with Crippen molar-refractivity contribution in [1.82, 2.24) is 5.32 Å². The highest BCUT2D eigenvalue weighted by Gasteiger charge is 2.32. The number of amides is 1. The van der Waals surface area contributed by atoms with E-state index in [4.69, 9.17) is 5.73 Å². The second-order valence-corrected chi connectivity index (χ2v) is 5.18. The Balaban J connectivity index is 2.13. The number of nitrogens with two attached hydrogens (primary N) is 1. The van der Waals surface area contributed by atoms with Gasteiger partial charge in [0.05, 0.1) is 0 Å². The van der Waals surface area contributed by atoms with Crippen molar-refractivity contribution in [3.63, 3.8) is 0 Å². The molecule has 0 aromatic rings. The van der Waals surface area contributed by atoms with Gasteiger partial charge in [-0.3, -0.25) is 4.79 Å². The number of hydrogen-bond acceptors (Lipinski definition) is 2. The highest BCUT2D eigenvalue weighted by Crippen LogP contribution is 2.31. The smallest absolute Gasteiger partial charge is 0.220 e. The molecular formula is C12H24N2O. The molecule has 0 saturated heterocycles. The second kappa shape index (κ2) is 5.50. The van der Waals surface area contributed by atoms with Crippen LogP contribution in [0.1, 0.15) is 52.4 Å². The summed E-state index contributed by atoms with van der Waals surface area (Å²) in [4.78, 5) is 11.6. The predicted octanol–water partition coefficient (Wildman–Crippen LogP) is 1.81. The first kappa shape index (κ1) is 12.5. The lowest BCUT2D eigenvalue weighted by molar-refractivity contribution is -0.124. The normalized spacial score (nSPS) is 20.5. The van der Waals surface area contributed by atoms with E-state index in [0.717, 1.165) is 32.2 Å². The molecule has 88 valence electrons. The minimum absolute atomic E-state index is 0.105. The Morgan fingerprint density at radius 3 is 2.60 bits per heavy atom. The van der Waals surface area contributed by atoms with Crippen molar-refractivity contribution < 1.29 is 4.79 Å². The summed E-state index contributed by atoms with van der Waals surface area (Å²) in [5, 5.41) is 3.12. The number of carbonyl (C=O) groups excluding carboxylic acids is 1. The SMILES string of the molecule is CC(CCN)CCC(=O)NC1(C)CCC1. The second-order valence-electron chi connectivity index (χ2n) is 5.18. The first-order valence-electron chi connectivity index (χ1n) is 6.07. The summed E-state index contributed by atoms with van der Waals surface area (Å²) in [6, 6.07) is 0. The third-order valence-corrected chi connectivity index (χ3v) is 3.42. The van der Waals surface area contributed by atoms with E-state index in [1.54, 1.807) is 0 Å². The van der Waals surface area contributed by atoms with Crippen LogP contribution in [0.15, 0.2) is 0 Å². The van der Waals surface area contributed by atoms with Crippen LogP contribution >= 0.6 is 0 Å². The molecule has 15 heavy (non-hydrogen) atoms. The van der Waals surface area contributed by atoms with Gasteiger partial charge in [-0.1, -0.05) is 6.92 Å². The van der Waals surface area contributed by atoms with Crippen LogP contribution in [0.25, 0.3) is 0 Å². The molecule has 0 aromatic heterocycles. The molecule has 1 aliphatic rings. The number of hydrogen-bond donors (Lipinski definition) is 2. The average Bonchev–Trinajstić information content (AvgIpc) is 2.13. The number of nitrogens with one attached hydrogen (secondary N) is 1. The van der Waals surface area contributed by atoms with Crippen LogP contribution < -0.4 is 11.1 Å². The molecule has 0 radical (unpaired) electrons. The molecule has 1 atom stereocenters. The van der Waals surface area contributed by atoms with Crippen LogP contribution in [0.5, 0.6) is 0 Å². The molecule has 0 aliphatic heterocycles. The van der Waals surface area contributed by atoms with Crippen LogP contribution in [0.3, 0.4) is 0 Å². The Bertz CT molecular complexity index is 212. The monoisotopic (exact) mass is 212 g/mol. The predicted molar refractivity (Wildman–Crippen MR) is 62.5 cm³/mol. The first-order valence-corrected chi connectivity index (χ1v) is 6.07. The fourth-order valence-corrected chi connectivity index (χ4v) is 2.04. The lowest BCUT2D eigenvalue weighted by atomic mass is 9.78. The van der Waals surface area contributed by atoms with Crippen LogP contribution in [-0.4, -0.2) is 18.0 Å². The quantitative estimate of drug-likeness (QED) is 0.705. The maximum Gasteiger partial charge on any atom is 0.220 e. The summed E-state index contributed by atoms with van der Waals surface area (Å²) in [6.07, 6.45) is 6.15. The van der Waals surface area contributed by atoms with Crippen LogP contribution in [0.4, 0.5) is 0 Å². The molecule has 1 fully saturated rings. The summed E-state index contributed by atoms with van der Waals surface area (Å²) in [6.45, 7) is 5.02. The topological polar surface area (TPSA) is 55.1 Å². The molecule has 1 saturated carbocycles. The van der Waals surface area contributed by atoms with Crippen LogP contribution in [-0.2, 0) is 4.79 Å². The number of carbonyl (C=O) groups is 1. The van der Waals surface area contributed by atoms with Gasteiger partial charge in [-0.2, -0.15) is 0 Å². The molecule has 3 heteroatoms. The largest absolute Gasteiger partial charge is 0.351 e. The Morgan fingerprint density at radius 2 is 2.13 bits per heavy atom. The zero-order valence-corrected chi connectivity index (χ0v) is 10.0. The van der Waals surface area contributed by atoms with E-state index in [9.17, 15) is 4.79 Å². The number of rotatable bonds is 6. The van der Waals surface area contributed by atoms with E-state index < -0.39 is 0 Å². The zero-order valence-electron chi connectivity index (χ0n) is 10.0. The molecule has 1 rings (SSSR count). The zero-order chi connectivity index (χ0) is 11.3. The first-order chi connectivity index (χ1) is 7.06. The maximum absolute atomic E-state index is 11.6. The van der Waals surface area contributed by atoms with Gasteiger partial charge in [0.1, 0.15) is 0 Å². The molecule has 3 nitrogen and oxygen atoms in total. The molecule has 1 unspecified atom stereocenters. The summed E-state index contributed by atoms with van der Waals surface area (Å²) in [5.74, 6) is 0.774. The standard InChI is InChI=1S/C12H24N2O/c1-10(6-9-13)4-5-11(15)14-12(2)7-3-8-12/h10H,3-9,13H2,1-2H3,(H,14,15). The summed E-state index contributed by atoms with van der Waals surface area (Å²) >= 11 is 0. The Kier molecular flexibility index (Phi) is 4.58. The van der Waals surface area contributed by atoms with Crippen molar-refractivity contribution in [1.29, 1.82) is 0 Å². The van der Waals surface area contributed by atoms with Gasteiger partial charge < -0.3 is 11.1 Å². The molecular weight excluding hydrogens is 188 g/mol. The minimum Gasteiger partial charge on any atom is -0.351 e. The van der Waals surface area contributed by atoms with Gasteiger partial charge in [-0.05, 0) is 51.5 Å². The van der Waals surface area contributed by atoms with E-state index in [0.29, 0.717) is 12.3 Å². The van der Waals surface area contributed by atoms with Crippen molar-refractivity contribution in [2.75, 3.05) is 6.54 Å². The lowest BCUT2D eigenvalue weighted by Gasteiger charge is -2.39. The molecule has 0 heterocycles. The van der Waals surface area contributed by atoms with Gasteiger partial charge in [0.25, 0.3) is 0 Å². The van der Waals surface area contributed by atoms with Gasteiger partial charge in [0, 0.05) is 12.0 Å². The van der Waals surface area contributed by atoms with Crippen molar-refractivity contribution in [2.24, 2.45) is 11.7 Å². The molecule has 3 N–H and O–H groups in total. The third-order valence-electron chi connectivity index (χ3n) is 3.42. The molecule has 0 spiro atoms. The van der Waals surface area contributed by atoms with Crippen LogP contribution in [0.2, 0.25) is 0 Å². The molecule has 1 aliphatic carbocycles. The maximum atomic E-state index is 11.6. The van der Waals surface area contributed by atoms with Gasteiger partial charge in [0.15, 0.2) is 0 Å². The van der Waals surface area contributed by atoms with Crippen molar-refractivity contribution >= 4 is 5.91 Å². The molecule has 0 aromatic carbocycles. The fraction of sp³-hybridized carbons (Fsp3) is 0.917. The molecule has 0 bridgehead atoms. The summed E-state index contributed by atoms with van der Waals surface area (Å²) in [7, 11) is 0. The van der Waals surface area contributed by atoms with Crippen molar-refractivity contribution in [3.05, 3.63) is 0 Å². The van der Waals surface area contributed by atoms with E-state index in [-0.39, 0.29) is 11.4 Å². The molecule has 1 amide bonds. The van der Waals surface area contributed by atoms with Gasteiger partial charge >= 0.3 is 0 Å². The van der Waals surface area contributed by atoms with Crippen molar-refractivity contribution in [2.45, 2.75) is 57.9 Å². The van der Waals surface area contributed by atoms with Gasteiger partial charge in [0.2, 0.25) is 5.91 Å². The fourth-order valence-electron chi connectivity index (χ4n) is 2.04.